The van der Waals surface area contributed by atoms with Crippen LogP contribution in [-0.4, -0.2) is 36.6 Å². The van der Waals surface area contributed by atoms with Crippen molar-refractivity contribution in [3.05, 3.63) is 105 Å². The van der Waals surface area contributed by atoms with E-state index in [-0.39, 0.29) is 36.6 Å². The summed E-state index contributed by atoms with van der Waals surface area (Å²) in [6, 6.07) is 21.5. The van der Waals surface area contributed by atoms with Crippen molar-refractivity contribution < 1.29 is 18.9 Å². The van der Waals surface area contributed by atoms with Gasteiger partial charge in [0.25, 0.3) is 0 Å². The second kappa shape index (κ2) is 17.1. The van der Waals surface area contributed by atoms with Gasteiger partial charge in [0.05, 0.1) is 36.6 Å². The maximum absolute atomic E-state index is 6.86. The zero-order valence-electron chi connectivity index (χ0n) is 33.3. The van der Waals surface area contributed by atoms with E-state index in [1.165, 1.54) is 55.6 Å². The highest BCUT2D eigenvalue weighted by atomic mass is 16.5. The lowest BCUT2D eigenvalue weighted by Gasteiger charge is -2.33. The molecule has 50 heavy (non-hydrogen) atoms. The predicted octanol–water partition coefficient (Wildman–Crippen LogP) is 11.8. The summed E-state index contributed by atoms with van der Waals surface area (Å²) in [5.41, 5.74) is 15.0. The standard InChI is InChI=1S/C46H62O4/c1-27(2)47-41-21-17-15-19-37(41)45-33(11)23-31(9)39(35(45)13)25-43(49-29(5)6)44(50-30(7)8)26-40-32(10)24-34(12)46(36(40)14)38-20-16-18-22-42(38)48-28(3)4/h15-24,27-30,43-44H,25-26H2,1-14H3/t43-,44-/m1/s1. The summed E-state index contributed by atoms with van der Waals surface area (Å²) in [4.78, 5) is 0. The van der Waals surface area contributed by atoms with Crippen molar-refractivity contribution in [1.82, 2.24) is 0 Å². The number of hydrogen-bond donors (Lipinski definition) is 0. The first-order chi connectivity index (χ1) is 23.6. The highest BCUT2D eigenvalue weighted by Crippen LogP contribution is 2.40. The van der Waals surface area contributed by atoms with Gasteiger partial charge in [-0.25, -0.2) is 0 Å². The number of hydrogen-bond acceptors (Lipinski definition) is 4. The molecule has 0 aliphatic heterocycles. The van der Waals surface area contributed by atoms with Gasteiger partial charge in [0.15, 0.2) is 0 Å². The summed E-state index contributed by atoms with van der Waals surface area (Å²) in [5.74, 6) is 1.84. The minimum absolute atomic E-state index is 0.0415. The molecule has 4 aromatic carbocycles. The fraction of sp³-hybridized carbons (Fsp3) is 0.478. The van der Waals surface area contributed by atoms with Crippen LogP contribution >= 0.6 is 0 Å². The van der Waals surface area contributed by atoms with Gasteiger partial charge >= 0.3 is 0 Å². The number of ether oxygens (including phenoxy) is 4. The van der Waals surface area contributed by atoms with Crippen LogP contribution in [-0.2, 0) is 22.3 Å². The van der Waals surface area contributed by atoms with Crippen molar-refractivity contribution >= 4 is 0 Å². The molecular weight excluding hydrogens is 617 g/mol. The van der Waals surface area contributed by atoms with Gasteiger partial charge in [0.2, 0.25) is 0 Å². The molecule has 4 nitrogen and oxygen atoms in total. The summed E-state index contributed by atoms with van der Waals surface area (Å²) >= 11 is 0. The second-order valence-electron chi connectivity index (χ2n) is 15.2. The van der Waals surface area contributed by atoms with Crippen LogP contribution in [0.25, 0.3) is 22.3 Å². The summed E-state index contributed by atoms with van der Waals surface area (Å²) in [6.07, 6.45) is 1.43. The molecule has 0 unspecified atom stereocenters. The lowest BCUT2D eigenvalue weighted by Crippen LogP contribution is -2.39. The third kappa shape index (κ3) is 9.38. The highest BCUT2D eigenvalue weighted by molar-refractivity contribution is 5.79. The second-order valence-corrected chi connectivity index (χ2v) is 15.2. The molecule has 0 radical (unpaired) electrons. The van der Waals surface area contributed by atoms with E-state index in [1.54, 1.807) is 0 Å². The van der Waals surface area contributed by atoms with Gasteiger partial charge in [-0.05, 0) is 165 Å². The molecular formula is C46H62O4. The van der Waals surface area contributed by atoms with E-state index in [2.05, 4.69) is 158 Å². The molecule has 0 fully saturated rings. The van der Waals surface area contributed by atoms with Gasteiger partial charge in [-0.2, -0.15) is 0 Å². The van der Waals surface area contributed by atoms with Crippen LogP contribution in [0.4, 0.5) is 0 Å². The van der Waals surface area contributed by atoms with Gasteiger partial charge in [-0.1, -0.05) is 48.5 Å². The lowest BCUT2D eigenvalue weighted by atomic mass is 9.84. The van der Waals surface area contributed by atoms with Gasteiger partial charge in [0, 0.05) is 24.0 Å². The summed E-state index contributed by atoms with van der Waals surface area (Å²) in [6.45, 7) is 30.3. The van der Waals surface area contributed by atoms with Crippen LogP contribution in [0, 0.1) is 41.5 Å². The van der Waals surface area contributed by atoms with Crippen molar-refractivity contribution in [3.8, 4) is 33.8 Å². The van der Waals surface area contributed by atoms with Crippen LogP contribution in [0.5, 0.6) is 11.5 Å². The van der Waals surface area contributed by atoms with E-state index in [1.807, 2.05) is 0 Å². The molecule has 0 amide bonds. The molecule has 270 valence electrons. The Morgan fingerprint density at radius 1 is 0.440 bits per heavy atom. The predicted molar refractivity (Wildman–Crippen MR) is 211 cm³/mol. The molecule has 4 aromatic rings. The average molecular weight is 679 g/mol. The Labute approximate surface area is 303 Å². The first kappa shape index (κ1) is 39.2. The monoisotopic (exact) mass is 678 g/mol. The normalized spacial score (nSPS) is 13.1. The smallest absolute Gasteiger partial charge is 0.127 e. The third-order valence-electron chi connectivity index (χ3n) is 9.42. The number of para-hydroxylation sites is 2. The van der Waals surface area contributed by atoms with Gasteiger partial charge in [-0.3, -0.25) is 0 Å². The molecule has 0 spiro atoms. The summed E-state index contributed by atoms with van der Waals surface area (Å²) in [7, 11) is 0. The third-order valence-corrected chi connectivity index (χ3v) is 9.42. The molecule has 0 heterocycles. The van der Waals surface area contributed by atoms with Crippen molar-refractivity contribution in [2.45, 2.75) is 146 Å². The number of rotatable bonds is 15. The van der Waals surface area contributed by atoms with Crippen LogP contribution < -0.4 is 9.47 Å². The molecule has 0 saturated carbocycles. The molecule has 2 atom stereocenters. The van der Waals surface area contributed by atoms with Gasteiger partial charge < -0.3 is 18.9 Å². The van der Waals surface area contributed by atoms with E-state index in [0.717, 1.165) is 35.5 Å². The van der Waals surface area contributed by atoms with E-state index in [4.69, 9.17) is 18.9 Å². The fourth-order valence-corrected chi connectivity index (χ4v) is 7.61. The summed E-state index contributed by atoms with van der Waals surface area (Å²) in [5, 5.41) is 0. The van der Waals surface area contributed by atoms with Crippen molar-refractivity contribution in [1.29, 1.82) is 0 Å². The SMILES string of the molecule is Cc1cc(C)c(-c2ccccc2OC(C)C)c(C)c1C[C@@H](OC(C)C)[C@@H](Cc1c(C)cc(C)c(-c2ccccc2OC(C)C)c1C)OC(C)C. The Morgan fingerprint density at radius 3 is 1.10 bits per heavy atom. The zero-order chi connectivity index (χ0) is 36.9. The average Bonchev–Trinajstić information content (AvgIpc) is 3.00. The minimum Gasteiger partial charge on any atom is -0.490 e. The largest absolute Gasteiger partial charge is 0.490 e. The molecule has 0 saturated heterocycles. The zero-order valence-corrected chi connectivity index (χ0v) is 33.3. The molecule has 0 N–H and O–H groups in total. The molecule has 0 aliphatic carbocycles. The van der Waals surface area contributed by atoms with Gasteiger partial charge in [-0.15, -0.1) is 0 Å². The van der Waals surface area contributed by atoms with Crippen LogP contribution in [0.1, 0.15) is 99.9 Å². The first-order valence-electron chi connectivity index (χ1n) is 18.6. The van der Waals surface area contributed by atoms with Crippen LogP contribution in [0.15, 0.2) is 60.7 Å². The maximum atomic E-state index is 6.86. The lowest BCUT2D eigenvalue weighted by molar-refractivity contribution is -0.109. The quantitative estimate of drug-likeness (QED) is 0.125. The first-order valence-corrected chi connectivity index (χ1v) is 18.6. The molecule has 4 rings (SSSR count). The molecule has 4 heteroatoms. The molecule has 0 aromatic heterocycles. The van der Waals surface area contributed by atoms with Crippen LogP contribution in [0.3, 0.4) is 0 Å². The Balaban J connectivity index is 1.83. The maximum Gasteiger partial charge on any atom is 0.127 e. The van der Waals surface area contributed by atoms with E-state index < -0.39 is 0 Å². The Morgan fingerprint density at radius 2 is 0.780 bits per heavy atom. The molecule has 0 aliphatic rings. The van der Waals surface area contributed by atoms with Gasteiger partial charge in [0.1, 0.15) is 11.5 Å². The minimum atomic E-state index is -0.160. The Kier molecular flexibility index (Phi) is 13.4. The summed E-state index contributed by atoms with van der Waals surface area (Å²) < 4.78 is 26.3. The molecule has 0 bridgehead atoms. The number of aryl methyl sites for hydroxylation is 4. The highest BCUT2D eigenvalue weighted by Gasteiger charge is 2.30. The van der Waals surface area contributed by atoms with Crippen LogP contribution in [0.2, 0.25) is 0 Å². The van der Waals surface area contributed by atoms with Crippen molar-refractivity contribution in [2.24, 2.45) is 0 Å². The van der Waals surface area contributed by atoms with Crippen molar-refractivity contribution in [2.75, 3.05) is 0 Å². The van der Waals surface area contributed by atoms with Crippen molar-refractivity contribution in [3.63, 3.8) is 0 Å². The fourth-order valence-electron chi connectivity index (χ4n) is 7.61. The number of benzene rings is 4. The Bertz CT molecular complexity index is 1620. The van der Waals surface area contributed by atoms with E-state index >= 15 is 0 Å². The Hall–Kier alpha value is -3.60. The van der Waals surface area contributed by atoms with E-state index in [0.29, 0.717) is 0 Å². The topological polar surface area (TPSA) is 36.9 Å². The van der Waals surface area contributed by atoms with E-state index in [9.17, 15) is 0 Å².